The summed E-state index contributed by atoms with van der Waals surface area (Å²) in [5.74, 6) is 1.07. The van der Waals surface area contributed by atoms with E-state index in [-0.39, 0.29) is 29.8 Å². The Morgan fingerprint density at radius 2 is 2.13 bits per heavy atom. The van der Waals surface area contributed by atoms with Crippen molar-refractivity contribution < 1.29 is 9.21 Å². The lowest BCUT2D eigenvalue weighted by atomic mass is 9.79. The minimum atomic E-state index is -0.00667. The fourth-order valence-corrected chi connectivity index (χ4v) is 3.14. The minimum Gasteiger partial charge on any atom is -0.461 e. The Morgan fingerprint density at radius 1 is 1.39 bits per heavy atom. The largest absolute Gasteiger partial charge is 0.461 e. The van der Waals surface area contributed by atoms with Gasteiger partial charge in [0.25, 0.3) is 0 Å². The molecule has 3 rings (SSSR count). The molecule has 1 unspecified atom stereocenters. The Kier molecular flexibility index (Phi) is 5.37. The number of likely N-dealkylation sites (tertiary alicyclic amines) is 1. The number of benzene rings is 1. The summed E-state index contributed by atoms with van der Waals surface area (Å²) in [7, 11) is 0. The number of rotatable bonds is 3. The van der Waals surface area contributed by atoms with Crippen LogP contribution in [-0.2, 0) is 11.2 Å². The van der Waals surface area contributed by atoms with Crippen LogP contribution in [0.1, 0.15) is 32.4 Å². The van der Waals surface area contributed by atoms with Gasteiger partial charge in [-0.05, 0) is 24.0 Å². The lowest BCUT2D eigenvalue weighted by Gasteiger charge is -2.42. The number of piperidine rings is 1. The summed E-state index contributed by atoms with van der Waals surface area (Å²) >= 11 is 0. The van der Waals surface area contributed by atoms with E-state index >= 15 is 0 Å². The molecule has 2 heterocycles. The van der Waals surface area contributed by atoms with E-state index in [1.54, 1.807) is 0 Å². The second-order valence-electron chi connectivity index (χ2n) is 6.95. The summed E-state index contributed by atoms with van der Waals surface area (Å²) in [5, 5.41) is 1.09. The number of amides is 1. The van der Waals surface area contributed by atoms with Crippen molar-refractivity contribution in [3.63, 3.8) is 0 Å². The van der Waals surface area contributed by atoms with Crippen LogP contribution in [0.5, 0.6) is 0 Å². The number of nitrogens with two attached hydrogens (primary N) is 1. The lowest BCUT2D eigenvalue weighted by Crippen LogP contribution is -2.54. The monoisotopic (exact) mass is 336 g/mol. The maximum absolute atomic E-state index is 12.4. The Bertz CT molecular complexity index is 647. The number of nitrogens with zero attached hydrogens (tertiary/aromatic N) is 1. The van der Waals surface area contributed by atoms with Crippen LogP contribution in [0.2, 0.25) is 0 Å². The number of halogens is 1. The van der Waals surface area contributed by atoms with E-state index in [0.717, 1.165) is 36.2 Å². The first-order chi connectivity index (χ1) is 10.5. The number of aryl methyl sites for hydroxylation is 1. The zero-order valence-corrected chi connectivity index (χ0v) is 14.6. The fourth-order valence-electron chi connectivity index (χ4n) is 3.14. The van der Waals surface area contributed by atoms with Crippen molar-refractivity contribution >= 4 is 29.3 Å². The quantitative estimate of drug-likeness (QED) is 0.934. The third kappa shape index (κ3) is 3.88. The number of carbonyl (C=O) groups is 1. The molecular formula is C18H25ClN2O2. The normalized spacial score (nSPS) is 20.3. The van der Waals surface area contributed by atoms with Crippen LogP contribution in [0.3, 0.4) is 0 Å². The standard InChI is InChI=1S/C18H24N2O2.ClH/c1-18(2)12-20(10-9-16(18)19)17(21)8-7-14-11-13-5-3-4-6-15(13)22-14;/h3-6,11,16H,7-10,12,19H2,1-2H3;1H. The van der Waals surface area contributed by atoms with Crippen LogP contribution in [0.4, 0.5) is 0 Å². The van der Waals surface area contributed by atoms with Gasteiger partial charge >= 0.3 is 0 Å². The topological polar surface area (TPSA) is 59.5 Å². The molecule has 4 nitrogen and oxygen atoms in total. The molecule has 5 heteroatoms. The van der Waals surface area contributed by atoms with Crippen molar-refractivity contribution in [1.82, 2.24) is 4.90 Å². The van der Waals surface area contributed by atoms with Gasteiger partial charge in [-0.15, -0.1) is 12.4 Å². The van der Waals surface area contributed by atoms with Crippen molar-refractivity contribution in [2.24, 2.45) is 11.1 Å². The highest BCUT2D eigenvalue weighted by atomic mass is 35.5. The zero-order chi connectivity index (χ0) is 15.7. The number of furan rings is 1. The molecule has 1 atom stereocenters. The summed E-state index contributed by atoms with van der Waals surface area (Å²) in [5.41, 5.74) is 7.01. The maximum atomic E-state index is 12.4. The zero-order valence-electron chi connectivity index (χ0n) is 13.7. The predicted molar refractivity (Wildman–Crippen MR) is 94.7 cm³/mol. The molecule has 0 aliphatic carbocycles. The van der Waals surface area contributed by atoms with Crippen LogP contribution in [0.15, 0.2) is 34.7 Å². The van der Waals surface area contributed by atoms with E-state index in [9.17, 15) is 4.79 Å². The van der Waals surface area contributed by atoms with Crippen LogP contribution in [0, 0.1) is 5.41 Å². The van der Waals surface area contributed by atoms with Gasteiger partial charge in [-0.2, -0.15) is 0 Å². The molecule has 1 aliphatic heterocycles. The van der Waals surface area contributed by atoms with Gasteiger partial charge < -0.3 is 15.1 Å². The van der Waals surface area contributed by atoms with Gasteiger partial charge in [-0.25, -0.2) is 0 Å². The smallest absolute Gasteiger partial charge is 0.223 e. The predicted octanol–water partition coefficient (Wildman–Crippen LogP) is 3.37. The van der Waals surface area contributed by atoms with E-state index in [4.69, 9.17) is 10.2 Å². The Balaban J connectivity index is 0.00000192. The van der Waals surface area contributed by atoms with E-state index in [1.807, 2.05) is 35.2 Å². The Morgan fingerprint density at radius 3 is 2.83 bits per heavy atom. The SMILES string of the molecule is CC1(C)CN(C(=O)CCc2cc3ccccc3o2)CCC1N.Cl. The second kappa shape index (κ2) is 6.93. The van der Waals surface area contributed by atoms with Crippen molar-refractivity contribution in [2.45, 2.75) is 39.2 Å². The number of hydrogen-bond donors (Lipinski definition) is 1. The van der Waals surface area contributed by atoms with Gasteiger partial charge in [-0.1, -0.05) is 32.0 Å². The summed E-state index contributed by atoms with van der Waals surface area (Å²) in [6, 6.07) is 10.1. The maximum Gasteiger partial charge on any atom is 0.223 e. The van der Waals surface area contributed by atoms with Crippen LogP contribution >= 0.6 is 12.4 Å². The van der Waals surface area contributed by atoms with Crippen LogP contribution in [0.25, 0.3) is 11.0 Å². The lowest BCUT2D eigenvalue weighted by molar-refractivity contribution is -0.134. The third-order valence-corrected chi connectivity index (χ3v) is 4.73. The number of carbonyl (C=O) groups excluding carboxylic acids is 1. The molecule has 0 bridgehead atoms. The van der Waals surface area contributed by atoms with E-state index in [0.29, 0.717) is 12.8 Å². The first-order valence-electron chi connectivity index (χ1n) is 7.96. The number of para-hydroxylation sites is 1. The highest BCUT2D eigenvalue weighted by molar-refractivity contribution is 5.85. The van der Waals surface area contributed by atoms with Crippen molar-refractivity contribution in [3.8, 4) is 0 Å². The van der Waals surface area contributed by atoms with Gasteiger partial charge in [0.15, 0.2) is 0 Å². The van der Waals surface area contributed by atoms with E-state index in [2.05, 4.69) is 13.8 Å². The summed E-state index contributed by atoms with van der Waals surface area (Å²) in [6.07, 6.45) is 2.02. The molecule has 1 aromatic heterocycles. The Labute approximate surface area is 143 Å². The summed E-state index contributed by atoms with van der Waals surface area (Å²) < 4.78 is 5.77. The van der Waals surface area contributed by atoms with Gasteiger partial charge in [0.1, 0.15) is 11.3 Å². The van der Waals surface area contributed by atoms with Crippen molar-refractivity contribution in [2.75, 3.05) is 13.1 Å². The molecule has 0 spiro atoms. The minimum absolute atomic E-state index is 0. The fraction of sp³-hybridized carbons (Fsp3) is 0.500. The molecule has 1 aromatic carbocycles. The van der Waals surface area contributed by atoms with Gasteiger partial charge in [0, 0.05) is 37.4 Å². The van der Waals surface area contributed by atoms with Gasteiger partial charge in [-0.3, -0.25) is 4.79 Å². The molecule has 23 heavy (non-hydrogen) atoms. The molecule has 1 amide bonds. The average molecular weight is 337 g/mol. The first-order valence-corrected chi connectivity index (χ1v) is 7.96. The molecule has 1 saturated heterocycles. The van der Waals surface area contributed by atoms with Gasteiger partial charge in [0.2, 0.25) is 5.91 Å². The van der Waals surface area contributed by atoms with Crippen LogP contribution < -0.4 is 5.73 Å². The van der Waals surface area contributed by atoms with E-state index < -0.39 is 0 Å². The molecule has 2 N–H and O–H groups in total. The Hall–Kier alpha value is -1.52. The average Bonchev–Trinajstić information content (AvgIpc) is 2.90. The molecule has 2 aromatic rings. The van der Waals surface area contributed by atoms with Crippen molar-refractivity contribution in [3.05, 3.63) is 36.1 Å². The molecule has 1 fully saturated rings. The van der Waals surface area contributed by atoms with Crippen LogP contribution in [-0.4, -0.2) is 29.9 Å². The molecule has 1 aliphatic rings. The molecule has 126 valence electrons. The highest BCUT2D eigenvalue weighted by Crippen LogP contribution is 2.28. The summed E-state index contributed by atoms with van der Waals surface area (Å²) in [6.45, 7) is 5.78. The van der Waals surface area contributed by atoms with Crippen molar-refractivity contribution in [1.29, 1.82) is 0 Å². The summed E-state index contributed by atoms with van der Waals surface area (Å²) in [4.78, 5) is 14.4. The molecule has 0 radical (unpaired) electrons. The second-order valence-corrected chi connectivity index (χ2v) is 6.95. The third-order valence-electron chi connectivity index (χ3n) is 4.73. The van der Waals surface area contributed by atoms with Gasteiger partial charge in [0.05, 0.1) is 0 Å². The molecular weight excluding hydrogens is 312 g/mol. The highest BCUT2D eigenvalue weighted by Gasteiger charge is 2.35. The first kappa shape index (κ1) is 17.8. The number of fused-ring (bicyclic) bond motifs is 1. The molecule has 0 saturated carbocycles. The number of hydrogen-bond acceptors (Lipinski definition) is 3. The van der Waals surface area contributed by atoms with E-state index in [1.165, 1.54) is 0 Å².